The van der Waals surface area contributed by atoms with Crippen molar-refractivity contribution in [2.24, 2.45) is 0 Å². The van der Waals surface area contributed by atoms with Gasteiger partial charge in [0.15, 0.2) is 0 Å². The second kappa shape index (κ2) is 2.77. The molecule has 32 valence electrons. The molecule has 1 unspecified atom stereocenters. The van der Waals surface area contributed by atoms with Crippen molar-refractivity contribution in [2.75, 3.05) is 0 Å². The van der Waals surface area contributed by atoms with Gasteiger partial charge in [-0.3, -0.25) is 0 Å². The minimum absolute atomic E-state index is 1.53. The SMILES string of the molecule is CC=[PH](O)Cl. The van der Waals surface area contributed by atoms with Gasteiger partial charge in [0.1, 0.15) is 0 Å². The maximum absolute atomic E-state index is 8.17. The van der Waals surface area contributed by atoms with Gasteiger partial charge in [-0.25, -0.2) is 0 Å². The van der Waals surface area contributed by atoms with Gasteiger partial charge in [-0.2, -0.15) is 0 Å². The summed E-state index contributed by atoms with van der Waals surface area (Å²) in [4.78, 5) is 8.17. The standard InChI is InChI=1S/C2H6ClOP/c1-2-5(3)4/h2,4-5H,1H3. The van der Waals surface area contributed by atoms with Crippen molar-refractivity contribution in [3.63, 3.8) is 0 Å². The summed E-state index contributed by atoms with van der Waals surface area (Å²) < 4.78 is 0. The summed E-state index contributed by atoms with van der Waals surface area (Å²) in [6.07, 6.45) is 0. The number of halogens is 1. The van der Waals surface area contributed by atoms with E-state index in [1.807, 2.05) is 0 Å². The van der Waals surface area contributed by atoms with Crippen LogP contribution in [0.15, 0.2) is 0 Å². The second-order valence-electron chi connectivity index (χ2n) is 0.611. The van der Waals surface area contributed by atoms with Gasteiger partial charge in [-0.15, -0.1) is 0 Å². The van der Waals surface area contributed by atoms with Gasteiger partial charge in [-0.1, -0.05) is 17.0 Å². The van der Waals surface area contributed by atoms with Crippen LogP contribution >= 0.6 is 18.4 Å². The molecule has 0 aromatic rings. The zero-order valence-corrected chi connectivity index (χ0v) is 4.66. The van der Waals surface area contributed by atoms with E-state index in [2.05, 4.69) is 0 Å². The van der Waals surface area contributed by atoms with E-state index in [-0.39, 0.29) is 0 Å². The van der Waals surface area contributed by atoms with E-state index >= 15 is 0 Å². The summed E-state index contributed by atoms with van der Waals surface area (Å²) in [6, 6.07) is 0. The molecule has 0 spiro atoms. The molecule has 0 aliphatic rings. The van der Waals surface area contributed by atoms with Crippen molar-refractivity contribution in [1.29, 1.82) is 0 Å². The van der Waals surface area contributed by atoms with Crippen LogP contribution in [0, 0.1) is 0 Å². The van der Waals surface area contributed by atoms with Gasteiger partial charge in [0, 0.05) is 0 Å². The van der Waals surface area contributed by atoms with E-state index < -0.39 is 7.12 Å². The van der Waals surface area contributed by atoms with Gasteiger partial charge >= 0.3 is 0 Å². The summed E-state index contributed by atoms with van der Waals surface area (Å²) in [5, 5.41) is 0. The minimum atomic E-state index is -1.53. The Bertz CT molecular complexity index is 47.6. The smallest absolute Gasteiger partial charge is 0.0714 e. The zero-order chi connectivity index (χ0) is 4.28. The van der Waals surface area contributed by atoms with E-state index in [9.17, 15) is 0 Å². The van der Waals surface area contributed by atoms with Gasteiger partial charge < -0.3 is 4.89 Å². The number of hydrogen-bond donors (Lipinski definition) is 1. The molecule has 1 N–H and O–H groups in total. The molecule has 0 saturated heterocycles. The molecule has 0 aliphatic heterocycles. The third-order valence-corrected chi connectivity index (χ3v) is 1.37. The molecule has 0 radical (unpaired) electrons. The van der Waals surface area contributed by atoms with Crippen molar-refractivity contribution < 1.29 is 4.89 Å². The molecule has 3 heteroatoms. The fraction of sp³-hybridized carbons (Fsp3) is 0.500. The quantitative estimate of drug-likeness (QED) is 0.465. The monoisotopic (exact) mass is 112 g/mol. The molecular formula is C2H6ClOP. The Morgan fingerprint density at radius 2 is 2.20 bits per heavy atom. The van der Waals surface area contributed by atoms with Crippen molar-refractivity contribution in [3.8, 4) is 0 Å². The highest BCUT2D eigenvalue weighted by molar-refractivity contribution is 7.78. The van der Waals surface area contributed by atoms with Crippen LogP contribution in [0.25, 0.3) is 0 Å². The highest BCUT2D eigenvalue weighted by Crippen LogP contribution is 2.19. The topological polar surface area (TPSA) is 20.2 Å². The lowest BCUT2D eigenvalue weighted by Gasteiger charge is -1.73. The molecule has 0 fully saturated rings. The first-order valence-corrected chi connectivity index (χ1v) is 3.82. The van der Waals surface area contributed by atoms with Crippen molar-refractivity contribution in [2.45, 2.75) is 6.92 Å². The van der Waals surface area contributed by atoms with Crippen LogP contribution in [-0.4, -0.2) is 10.7 Å². The lowest BCUT2D eigenvalue weighted by atomic mass is 11.0. The second-order valence-corrected chi connectivity index (χ2v) is 3.00. The lowest BCUT2D eigenvalue weighted by Crippen LogP contribution is -1.43. The van der Waals surface area contributed by atoms with Crippen molar-refractivity contribution >= 4 is 24.2 Å². The van der Waals surface area contributed by atoms with Crippen LogP contribution in [0.3, 0.4) is 0 Å². The average molecular weight is 112 g/mol. The van der Waals surface area contributed by atoms with Gasteiger partial charge in [0.2, 0.25) is 0 Å². The molecule has 0 aliphatic carbocycles. The summed E-state index contributed by atoms with van der Waals surface area (Å²) >= 11 is 5.06. The van der Waals surface area contributed by atoms with Gasteiger partial charge in [0.05, 0.1) is 7.12 Å². The lowest BCUT2D eigenvalue weighted by molar-refractivity contribution is 0.656. The summed E-state index contributed by atoms with van der Waals surface area (Å²) in [6.45, 7) is 1.74. The normalized spacial score (nSPS) is 15.8. The first-order chi connectivity index (χ1) is 2.27. The molecule has 0 rings (SSSR count). The van der Waals surface area contributed by atoms with Crippen molar-refractivity contribution in [1.82, 2.24) is 0 Å². The molecule has 0 bridgehead atoms. The van der Waals surface area contributed by atoms with Crippen LogP contribution in [0.1, 0.15) is 6.92 Å². The van der Waals surface area contributed by atoms with Crippen molar-refractivity contribution in [3.05, 3.63) is 0 Å². The molecule has 0 aromatic heterocycles. The number of rotatable bonds is 0. The summed E-state index contributed by atoms with van der Waals surface area (Å²) in [5.41, 5.74) is 0. The first-order valence-electron chi connectivity index (χ1n) is 1.28. The summed E-state index contributed by atoms with van der Waals surface area (Å²) in [5.74, 6) is 1.59. The predicted octanol–water partition coefficient (Wildman–Crippen LogP) is 1.08. The van der Waals surface area contributed by atoms with Crippen LogP contribution in [0.4, 0.5) is 0 Å². The molecule has 5 heavy (non-hydrogen) atoms. The zero-order valence-electron chi connectivity index (χ0n) is 2.90. The Labute approximate surface area is 36.8 Å². The Balaban J connectivity index is 3.14. The maximum Gasteiger partial charge on any atom is 0.0714 e. The minimum Gasteiger partial charge on any atom is -0.364 e. The van der Waals surface area contributed by atoms with Gasteiger partial charge in [-0.05, 0) is 6.92 Å². The molecule has 0 amide bonds. The van der Waals surface area contributed by atoms with E-state index in [0.717, 1.165) is 0 Å². The summed E-state index contributed by atoms with van der Waals surface area (Å²) in [7, 11) is -1.53. The largest absolute Gasteiger partial charge is 0.364 e. The molecule has 1 atom stereocenters. The Morgan fingerprint density at radius 3 is 2.20 bits per heavy atom. The molecule has 0 aromatic carbocycles. The fourth-order valence-electron chi connectivity index (χ4n) is 0. The Hall–Kier alpha value is 0.550. The van der Waals surface area contributed by atoms with Crippen LogP contribution in [0.2, 0.25) is 0 Å². The Morgan fingerprint density at radius 1 is 2.00 bits per heavy atom. The third kappa shape index (κ3) is 4.55. The third-order valence-electron chi connectivity index (χ3n) is 0.238. The molecule has 0 saturated carbocycles. The van der Waals surface area contributed by atoms with Crippen LogP contribution < -0.4 is 0 Å². The van der Waals surface area contributed by atoms with E-state index in [1.54, 1.807) is 12.7 Å². The van der Waals surface area contributed by atoms with E-state index in [0.29, 0.717) is 0 Å². The fourth-order valence-corrected chi connectivity index (χ4v) is 0. The Kier molecular flexibility index (Phi) is 3.07. The average Bonchev–Trinajstić information content (AvgIpc) is 1.38. The first kappa shape index (κ1) is 5.55. The van der Waals surface area contributed by atoms with Gasteiger partial charge in [0.25, 0.3) is 0 Å². The van der Waals surface area contributed by atoms with Crippen LogP contribution in [0.5, 0.6) is 0 Å². The highest BCUT2D eigenvalue weighted by atomic mass is 35.7. The highest BCUT2D eigenvalue weighted by Gasteiger charge is 1.63. The molecule has 1 nitrogen and oxygen atoms in total. The number of hydrogen-bond acceptors (Lipinski definition) is 1. The van der Waals surface area contributed by atoms with E-state index in [1.165, 1.54) is 0 Å². The predicted molar refractivity (Wildman–Crippen MR) is 28.1 cm³/mol. The molecular weight excluding hydrogens is 106 g/mol. The maximum atomic E-state index is 8.17. The van der Waals surface area contributed by atoms with E-state index in [4.69, 9.17) is 16.1 Å². The van der Waals surface area contributed by atoms with Crippen LogP contribution in [-0.2, 0) is 0 Å². The molecule has 0 heterocycles.